The largest absolute Gasteiger partial charge is 0.310 e. The molecule has 0 aliphatic heterocycles. The molecule has 64 valence electrons. The number of carbonyl (C=O) groups excluding carboxylic acids is 2. The van der Waals surface area contributed by atoms with E-state index in [-0.39, 0.29) is 17.6 Å². The highest BCUT2D eigenvalue weighted by Gasteiger charge is 2.18. The molecule has 0 aliphatic rings. The maximum Gasteiger partial charge on any atom is 0.214 e. The highest BCUT2D eigenvalue weighted by Crippen LogP contribution is 1.97. The van der Waals surface area contributed by atoms with E-state index in [1.54, 1.807) is 7.05 Å². The first-order chi connectivity index (χ1) is 5.13. The van der Waals surface area contributed by atoms with Crippen molar-refractivity contribution < 1.29 is 9.59 Å². The van der Waals surface area contributed by atoms with Gasteiger partial charge < -0.3 is 5.32 Å². The Hall–Kier alpha value is -0.700. The summed E-state index contributed by atoms with van der Waals surface area (Å²) < 4.78 is 0. The van der Waals surface area contributed by atoms with E-state index in [0.29, 0.717) is 0 Å². The normalized spacial score (nSPS) is 12.6. The zero-order valence-electron chi connectivity index (χ0n) is 7.31. The summed E-state index contributed by atoms with van der Waals surface area (Å²) in [6.45, 7) is 3.29. The minimum absolute atomic E-state index is 0.280. The first-order valence-corrected chi connectivity index (χ1v) is 3.85. The van der Waals surface area contributed by atoms with Gasteiger partial charge in [-0.25, -0.2) is 0 Å². The topological polar surface area (TPSA) is 46.2 Å². The Balaban J connectivity index is 4.02. The summed E-state index contributed by atoms with van der Waals surface area (Å²) in [4.78, 5) is 21.7. The van der Waals surface area contributed by atoms with Gasteiger partial charge in [0.2, 0.25) is 5.78 Å². The standard InChI is InChI=1S/C8H15NO2/c1-4-5-7(9-3)8(11)6(2)10/h7,9H,4-5H2,1-3H3. The van der Waals surface area contributed by atoms with Crippen molar-refractivity contribution in [2.75, 3.05) is 7.05 Å². The highest BCUT2D eigenvalue weighted by atomic mass is 16.2. The molecule has 1 atom stereocenters. The van der Waals surface area contributed by atoms with E-state index in [9.17, 15) is 9.59 Å². The molecule has 0 saturated carbocycles. The number of Topliss-reactive ketones (excluding diaryl/α,β-unsaturated/α-hetero) is 2. The van der Waals surface area contributed by atoms with Crippen molar-refractivity contribution in [3.05, 3.63) is 0 Å². The van der Waals surface area contributed by atoms with E-state index >= 15 is 0 Å². The van der Waals surface area contributed by atoms with Crippen LogP contribution < -0.4 is 5.32 Å². The third-order valence-electron chi connectivity index (χ3n) is 1.59. The molecule has 0 amide bonds. The molecule has 0 aliphatic carbocycles. The smallest absolute Gasteiger partial charge is 0.214 e. The van der Waals surface area contributed by atoms with Crippen LogP contribution in [0.15, 0.2) is 0 Å². The zero-order valence-corrected chi connectivity index (χ0v) is 7.31. The summed E-state index contributed by atoms with van der Waals surface area (Å²) in [7, 11) is 1.70. The molecule has 1 N–H and O–H groups in total. The number of hydrogen-bond acceptors (Lipinski definition) is 3. The zero-order chi connectivity index (χ0) is 8.85. The molecule has 3 nitrogen and oxygen atoms in total. The van der Waals surface area contributed by atoms with Gasteiger partial charge >= 0.3 is 0 Å². The van der Waals surface area contributed by atoms with Gasteiger partial charge in [0.25, 0.3) is 0 Å². The van der Waals surface area contributed by atoms with Crippen LogP contribution in [0.4, 0.5) is 0 Å². The molecule has 0 heterocycles. The number of carbonyl (C=O) groups is 2. The second-order valence-corrected chi connectivity index (χ2v) is 2.55. The number of likely N-dealkylation sites (N-methyl/N-ethyl adjacent to an activating group) is 1. The first-order valence-electron chi connectivity index (χ1n) is 3.85. The fraction of sp³-hybridized carbons (Fsp3) is 0.750. The van der Waals surface area contributed by atoms with Crippen LogP contribution in [0.2, 0.25) is 0 Å². The van der Waals surface area contributed by atoms with Crippen molar-refractivity contribution in [3.63, 3.8) is 0 Å². The minimum Gasteiger partial charge on any atom is -0.310 e. The Morgan fingerprint density at radius 1 is 1.45 bits per heavy atom. The van der Waals surface area contributed by atoms with Crippen LogP contribution in [0.5, 0.6) is 0 Å². The SMILES string of the molecule is CCCC(NC)C(=O)C(C)=O. The lowest BCUT2D eigenvalue weighted by molar-refractivity contribution is -0.136. The second-order valence-electron chi connectivity index (χ2n) is 2.55. The fourth-order valence-electron chi connectivity index (χ4n) is 0.941. The van der Waals surface area contributed by atoms with Crippen molar-refractivity contribution in [2.24, 2.45) is 0 Å². The van der Waals surface area contributed by atoms with Crippen LogP contribution in [-0.4, -0.2) is 24.7 Å². The van der Waals surface area contributed by atoms with Gasteiger partial charge in [-0.2, -0.15) is 0 Å². The molecular formula is C8H15NO2. The van der Waals surface area contributed by atoms with E-state index in [1.807, 2.05) is 6.92 Å². The first kappa shape index (κ1) is 10.3. The molecule has 0 saturated heterocycles. The number of hydrogen-bond donors (Lipinski definition) is 1. The van der Waals surface area contributed by atoms with Gasteiger partial charge in [-0.05, 0) is 13.5 Å². The van der Waals surface area contributed by atoms with E-state index < -0.39 is 0 Å². The van der Waals surface area contributed by atoms with Crippen LogP contribution in [0.1, 0.15) is 26.7 Å². The summed E-state index contributed by atoms with van der Waals surface area (Å²) in [5.41, 5.74) is 0. The van der Waals surface area contributed by atoms with Crippen molar-refractivity contribution in [3.8, 4) is 0 Å². The van der Waals surface area contributed by atoms with Crippen molar-refractivity contribution in [1.82, 2.24) is 5.32 Å². The Labute approximate surface area is 67.2 Å². The molecule has 3 heteroatoms. The molecule has 11 heavy (non-hydrogen) atoms. The van der Waals surface area contributed by atoms with E-state index in [2.05, 4.69) is 5.32 Å². The van der Waals surface area contributed by atoms with Crippen molar-refractivity contribution in [2.45, 2.75) is 32.7 Å². The molecule has 0 aromatic rings. The van der Waals surface area contributed by atoms with E-state index in [4.69, 9.17) is 0 Å². The van der Waals surface area contributed by atoms with Crippen LogP contribution >= 0.6 is 0 Å². The summed E-state index contributed by atoms with van der Waals surface area (Å²) in [5.74, 6) is -0.674. The third-order valence-corrected chi connectivity index (χ3v) is 1.59. The molecular weight excluding hydrogens is 142 g/mol. The lowest BCUT2D eigenvalue weighted by atomic mass is 10.1. The second kappa shape index (κ2) is 5.02. The van der Waals surface area contributed by atoms with Crippen LogP contribution in [-0.2, 0) is 9.59 Å². The number of ketones is 2. The van der Waals surface area contributed by atoms with Crippen LogP contribution in [0.25, 0.3) is 0 Å². The molecule has 0 radical (unpaired) electrons. The van der Waals surface area contributed by atoms with Gasteiger partial charge in [0, 0.05) is 6.92 Å². The average Bonchev–Trinajstić information content (AvgIpc) is 1.98. The van der Waals surface area contributed by atoms with Crippen molar-refractivity contribution in [1.29, 1.82) is 0 Å². The molecule has 0 aromatic heterocycles. The average molecular weight is 157 g/mol. The third kappa shape index (κ3) is 3.28. The Morgan fingerprint density at radius 2 is 2.00 bits per heavy atom. The number of rotatable bonds is 5. The van der Waals surface area contributed by atoms with Crippen LogP contribution in [0.3, 0.4) is 0 Å². The molecule has 0 bridgehead atoms. The molecule has 1 unspecified atom stereocenters. The summed E-state index contributed by atoms with van der Waals surface area (Å²) in [6, 6.07) is -0.280. The predicted octanol–water partition coefficient (Wildman–Crippen LogP) is 0.533. The fourth-order valence-corrected chi connectivity index (χ4v) is 0.941. The molecule has 0 rings (SSSR count). The van der Waals surface area contributed by atoms with Gasteiger partial charge in [0.1, 0.15) is 0 Å². The van der Waals surface area contributed by atoms with Crippen LogP contribution in [0, 0.1) is 0 Å². The molecule has 0 fully saturated rings. The van der Waals surface area contributed by atoms with Gasteiger partial charge in [0.15, 0.2) is 5.78 Å². The predicted molar refractivity (Wildman–Crippen MR) is 43.4 cm³/mol. The maximum absolute atomic E-state index is 11.1. The van der Waals surface area contributed by atoms with Gasteiger partial charge in [-0.15, -0.1) is 0 Å². The summed E-state index contributed by atoms with van der Waals surface area (Å²) in [6.07, 6.45) is 1.64. The van der Waals surface area contributed by atoms with E-state index in [1.165, 1.54) is 6.92 Å². The van der Waals surface area contributed by atoms with E-state index in [0.717, 1.165) is 12.8 Å². The van der Waals surface area contributed by atoms with Gasteiger partial charge in [-0.1, -0.05) is 13.3 Å². The quantitative estimate of drug-likeness (QED) is 0.592. The number of nitrogens with one attached hydrogen (secondary N) is 1. The summed E-state index contributed by atoms with van der Waals surface area (Å²) >= 11 is 0. The molecule has 0 spiro atoms. The van der Waals surface area contributed by atoms with Crippen molar-refractivity contribution >= 4 is 11.6 Å². The van der Waals surface area contributed by atoms with Gasteiger partial charge in [-0.3, -0.25) is 9.59 Å². The lowest BCUT2D eigenvalue weighted by Gasteiger charge is -2.10. The molecule has 0 aromatic carbocycles. The maximum atomic E-state index is 11.1. The van der Waals surface area contributed by atoms with Gasteiger partial charge in [0.05, 0.1) is 6.04 Å². The Kier molecular flexibility index (Phi) is 4.70. The monoisotopic (exact) mass is 157 g/mol. The summed E-state index contributed by atoms with van der Waals surface area (Å²) in [5, 5.41) is 2.81. The Bertz CT molecular complexity index is 154. The highest BCUT2D eigenvalue weighted by molar-refractivity contribution is 6.38. The minimum atomic E-state index is -0.363. The Morgan fingerprint density at radius 3 is 2.27 bits per heavy atom. The lowest BCUT2D eigenvalue weighted by Crippen LogP contribution is -2.37.